The number of aliphatic hydroxyl groups is 1. The van der Waals surface area contributed by atoms with E-state index in [-0.39, 0.29) is 6.10 Å². The summed E-state index contributed by atoms with van der Waals surface area (Å²) < 4.78 is 5.74. The van der Waals surface area contributed by atoms with Crippen LogP contribution in [0.2, 0.25) is 0 Å². The Bertz CT molecular complexity index is 247. The quantitative estimate of drug-likeness (QED) is 0.564. The third-order valence-corrected chi connectivity index (χ3v) is 3.75. The summed E-state index contributed by atoms with van der Waals surface area (Å²) in [5.41, 5.74) is 1.56. The number of ether oxygens (including phenoxy) is 1. The molecule has 0 amide bonds. The minimum absolute atomic E-state index is 0.175. The van der Waals surface area contributed by atoms with E-state index in [1.165, 1.54) is 12.8 Å². The van der Waals surface area contributed by atoms with Gasteiger partial charge in [-0.05, 0) is 38.0 Å². The molecular weight excluding hydrogens is 212 g/mol. The zero-order valence-electron chi connectivity index (χ0n) is 11.8. The van der Waals surface area contributed by atoms with E-state index >= 15 is 0 Å². The van der Waals surface area contributed by atoms with Crippen LogP contribution < -0.4 is 0 Å². The monoisotopic (exact) mass is 240 g/mol. The van der Waals surface area contributed by atoms with Gasteiger partial charge in [0.1, 0.15) is 0 Å². The fourth-order valence-electron chi connectivity index (χ4n) is 2.75. The molecule has 0 aromatic heterocycles. The van der Waals surface area contributed by atoms with E-state index in [1.807, 2.05) is 6.92 Å². The first kappa shape index (κ1) is 14.7. The van der Waals surface area contributed by atoms with Gasteiger partial charge in [-0.15, -0.1) is 0 Å². The van der Waals surface area contributed by atoms with E-state index in [0.717, 1.165) is 18.8 Å². The lowest BCUT2D eigenvalue weighted by atomic mass is 9.79. The molecule has 0 bridgehead atoms. The van der Waals surface area contributed by atoms with Crippen molar-refractivity contribution >= 4 is 0 Å². The molecular formula is C15H28O2. The molecule has 17 heavy (non-hydrogen) atoms. The number of aliphatic hydroxyl groups excluding tert-OH is 1. The van der Waals surface area contributed by atoms with E-state index in [2.05, 4.69) is 26.8 Å². The molecule has 0 aromatic carbocycles. The van der Waals surface area contributed by atoms with Crippen LogP contribution in [0.1, 0.15) is 59.8 Å². The number of rotatable bonds is 6. The van der Waals surface area contributed by atoms with Crippen molar-refractivity contribution in [3.8, 4) is 0 Å². The van der Waals surface area contributed by atoms with Gasteiger partial charge in [-0.3, -0.25) is 0 Å². The van der Waals surface area contributed by atoms with Gasteiger partial charge in [0.2, 0.25) is 0 Å². The van der Waals surface area contributed by atoms with Crippen molar-refractivity contribution in [1.82, 2.24) is 0 Å². The Morgan fingerprint density at radius 2 is 2.06 bits per heavy atom. The van der Waals surface area contributed by atoms with Gasteiger partial charge in [0.05, 0.1) is 6.10 Å². The normalized spacial score (nSPS) is 28.6. The summed E-state index contributed by atoms with van der Waals surface area (Å²) in [5.74, 6) is 1.23. The maximum atomic E-state index is 9.64. The third-order valence-electron chi connectivity index (χ3n) is 3.75. The van der Waals surface area contributed by atoms with Gasteiger partial charge >= 0.3 is 0 Å². The zero-order chi connectivity index (χ0) is 12.8. The van der Waals surface area contributed by atoms with Crippen LogP contribution in [0.4, 0.5) is 0 Å². The van der Waals surface area contributed by atoms with E-state index in [1.54, 1.807) is 5.57 Å². The van der Waals surface area contributed by atoms with Crippen LogP contribution in [0.25, 0.3) is 0 Å². The van der Waals surface area contributed by atoms with E-state index < -0.39 is 6.29 Å². The molecule has 0 fully saturated rings. The highest BCUT2D eigenvalue weighted by atomic mass is 16.6. The molecule has 0 aliphatic heterocycles. The van der Waals surface area contributed by atoms with E-state index in [9.17, 15) is 5.11 Å². The second-order valence-corrected chi connectivity index (χ2v) is 5.33. The summed E-state index contributed by atoms with van der Waals surface area (Å²) in [4.78, 5) is 0. The fourth-order valence-corrected chi connectivity index (χ4v) is 2.75. The summed E-state index contributed by atoms with van der Waals surface area (Å²) in [6, 6.07) is 0. The molecule has 1 aliphatic rings. The highest BCUT2D eigenvalue weighted by Gasteiger charge is 2.26. The molecule has 0 spiro atoms. The van der Waals surface area contributed by atoms with Crippen molar-refractivity contribution in [3.05, 3.63) is 11.6 Å². The van der Waals surface area contributed by atoms with Gasteiger partial charge in [0.15, 0.2) is 6.29 Å². The van der Waals surface area contributed by atoms with E-state index in [0.29, 0.717) is 12.3 Å². The number of hydrogen-bond acceptors (Lipinski definition) is 2. The van der Waals surface area contributed by atoms with Crippen LogP contribution in [-0.4, -0.2) is 17.5 Å². The van der Waals surface area contributed by atoms with E-state index in [4.69, 9.17) is 4.74 Å². The van der Waals surface area contributed by atoms with Crippen molar-refractivity contribution < 1.29 is 9.84 Å². The van der Waals surface area contributed by atoms with Gasteiger partial charge < -0.3 is 9.84 Å². The second-order valence-electron chi connectivity index (χ2n) is 5.33. The lowest BCUT2D eigenvalue weighted by molar-refractivity contribution is -0.150. The maximum absolute atomic E-state index is 9.64. The van der Waals surface area contributed by atoms with Crippen LogP contribution >= 0.6 is 0 Å². The van der Waals surface area contributed by atoms with Crippen molar-refractivity contribution in [2.75, 3.05) is 0 Å². The Balaban J connectivity index is 2.67. The molecule has 1 rings (SSSR count). The topological polar surface area (TPSA) is 29.5 Å². The number of hydrogen-bond donors (Lipinski definition) is 1. The smallest absolute Gasteiger partial charge is 0.154 e. The number of allylic oxidation sites excluding steroid dienone is 1. The summed E-state index contributed by atoms with van der Waals surface area (Å²) in [5, 5.41) is 9.64. The summed E-state index contributed by atoms with van der Waals surface area (Å²) in [6.45, 7) is 8.64. The minimum Gasteiger partial charge on any atom is -0.368 e. The van der Waals surface area contributed by atoms with Crippen molar-refractivity contribution in [2.24, 2.45) is 11.8 Å². The lowest BCUT2D eigenvalue weighted by Gasteiger charge is -2.32. The molecule has 0 saturated heterocycles. The molecule has 4 unspecified atom stereocenters. The minimum atomic E-state index is -0.601. The van der Waals surface area contributed by atoms with Crippen LogP contribution in [0.15, 0.2) is 11.6 Å². The van der Waals surface area contributed by atoms with Crippen LogP contribution in [0, 0.1) is 11.8 Å². The Hall–Kier alpha value is -0.340. The van der Waals surface area contributed by atoms with Gasteiger partial charge in [0, 0.05) is 5.92 Å². The average molecular weight is 240 g/mol. The molecule has 0 heterocycles. The highest BCUT2D eigenvalue weighted by Crippen LogP contribution is 2.33. The molecule has 1 aliphatic carbocycles. The first-order valence-electron chi connectivity index (χ1n) is 7.13. The first-order chi connectivity index (χ1) is 8.10. The molecule has 0 aromatic rings. The van der Waals surface area contributed by atoms with Crippen LogP contribution in [0.5, 0.6) is 0 Å². The Morgan fingerprint density at radius 3 is 2.59 bits per heavy atom. The molecule has 1 N–H and O–H groups in total. The second kappa shape index (κ2) is 7.17. The SMILES string of the molecule is CCC1=CC(C(CC)OC(O)CC)CC(C)C1. The first-order valence-corrected chi connectivity index (χ1v) is 7.13. The third kappa shape index (κ3) is 4.44. The molecule has 2 nitrogen and oxygen atoms in total. The van der Waals surface area contributed by atoms with Crippen molar-refractivity contribution in [3.63, 3.8) is 0 Å². The largest absolute Gasteiger partial charge is 0.368 e. The van der Waals surface area contributed by atoms with Crippen LogP contribution in [0.3, 0.4) is 0 Å². The molecule has 2 heteroatoms. The van der Waals surface area contributed by atoms with Gasteiger partial charge in [0.25, 0.3) is 0 Å². The van der Waals surface area contributed by atoms with Crippen LogP contribution in [-0.2, 0) is 4.74 Å². The zero-order valence-corrected chi connectivity index (χ0v) is 11.8. The van der Waals surface area contributed by atoms with Crippen molar-refractivity contribution in [1.29, 1.82) is 0 Å². The predicted octanol–water partition coefficient (Wildman–Crippen LogP) is 3.89. The summed E-state index contributed by atoms with van der Waals surface area (Å²) in [7, 11) is 0. The Morgan fingerprint density at radius 1 is 1.35 bits per heavy atom. The standard InChI is InChI=1S/C15H28O2/c1-5-12-8-11(4)9-13(10-12)14(6-2)17-15(16)7-3/h10-11,13-16H,5-9H2,1-4H3. The average Bonchev–Trinajstić information content (AvgIpc) is 2.34. The molecule has 4 atom stereocenters. The van der Waals surface area contributed by atoms with Gasteiger partial charge in [-0.25, -0.2) is 0 Å². The fraction of sp³-hybridized carbons (Fsp3) is 0.867. The summed E-state index contributed by atoms with van der Waals surface area (Å²) in [6.07, 6.45) is 7.19. The Kier molecular flexibility index (Phi) is 6.21. The molecule has 100 valence electrons. The Labute approximate surface area is 106 Å². The molecule has 0 radical (unpaired) electrons. The van der Waals surface area contributed by atoms with Gasteiger partial charge in [-0.1, -0.05) is 39.3 Å². The van der Waals surface area contributed by atoms with Gasteiger partial charge in [-0.2, -0.15) is 0 Å². The van der Waals surface area contributed by atoms with Crippen molar-refractivity contribution in [2.45, 2.75) is 72.2 Å². The highest BCUT2D eigenvalue weighted by molar-refractivity contribution is 5.10. The maximum Gasteiger partial charge on any atom is 0.154 e. The molecule has 0 saturated carbocycles. The lowest BCUT2D eigenvalue weighted by Crippen LogP contribution is -2.30. The predicted molar refractivity (Wildman–Crippen MR) is 71.7 cm³/mol. The summed E-state index contributed by atoms with van der Waals surface area (Å²) >= 11 is 0.